The number of hydrogen-bond acceptors (Lipinski definition) is 4. The monoisotopic (exact) mass is 433 g/mol. The molecule has 2 heterocycles. The van der Waals surface area contributed by atoms with Crippen molar-refractivity contribution in [3.63, 3.8) is 0 Å². The third kappa shape index (κ3) is 4.23. The van der Waals surface area contributed by atoms with E-state index in [4.69, 9.17) is 27.9 Å². The van der Waals surface area contributed by atoms with Crippen LogP contribution in [-0.4, -0.2) is 25.9 Å². The van der Waals surface area contributed by atoms with Gasteiger partial charge in [0, 0.05) is 6.20 Å². The summed E-state index contributed by atoms with van der Waals surface area (Å²) in [4.78, 5) is 12.3. The topological polar surface area (TPSA) is 84.8 Å². The molecular formula is C16H12Cl2F3N5O2. The van der Waals surface area contributed by atoms with Crippen LogP contribution >= 0.6 is 23.2 Å². The van der Waals surface area contributed by atoms with E-state index in [-0.39, 0.29) is 23.9 Å². The third-order valence-corrected chi connectivity index (χ3v) is 4.18. The van der Waals surface area contributed by atoms with Crippen molar-refractivity contribution in [2.45, 2.75) is 19.8 Å². The van der Waals surface area contributed by atoms with E-state index < -0.39 is 23.5 Å². The molecule has 0 radical (unpaired) electrons. The van der Waals surface area contributed by atoms with Gasteiger partial charge >= 0.3 is 6.18 Å². The van der Waals surface area contributed by atoms with E-state index in [9.17, 15) is 18.0 Å². The molecule has 3 aromatic rings. The molecule has 7 nitrogen and oxygen atoms in total. The fraction of sp³-hybridized carbons (Fsp3) is 0.188. The number of amides is 1. The van der Waals surface area contributed by atoms with E-state index in [1.165, 1.54) is 23.9 Å². The number of carbonyl (C=O) groups is 1. The number of alkyl halides is 3. The van der Waals surface area contributed by atoms with Crippen LogP contribution < -0.4 is 10.1 Å². The second-order valence-corrected chi connectivity index (χ2v) is 6.40. The van der Waals surface area contributed by atoms with Crippen LogP contribution in [0.5, 0.6) is 5.75 Å². The molecule has 3 rings (SSSR count). The van der Waals surface area contributed by atoms with Crippen molar-refractivity contribution in [3.05, 3.63) is 57.6 Å². The van der Waals surface area contributed by atoms with Crippen molar-refractivity contribution in [1.29, 1.82) is 0 Å². The molecule has 0 fully saturated rings. The molecule has 0 aliphatic carbocycles. The summed E-state index contributed by atoms with van der Waals surface area (Å²) in [5.41, 5.74) is -1.71. The maximum absolute atomic E-state index is 13.0. The Morgan fingerprint density at radius 2 is 1.96 bits per heavy atom. The van der Waals surface area contributed by atoms with Crippen LogP contribution in [0.4, 0.5) is 18.9 Å². The molecule has 12 heteroatoms. The fourth-order valence-electron chi connectivity index (χ4n) is 2.27. The van der Waals surface area contributed by atoms with Crippen LogP contribution in [0.3, 0.4) is 0 Å². The highest BCUT2D eigenvalue weighted by Crippen LogP contribution is 2.35. The summed E-state index contributed by atoms with van der Waals surface area (Å²) in [7, 11) is 0. The van der Waals surface area contributed by atoms with Crippen LogP contribution in [0.25, 0.3) is 0 Å². The van der Waals surface area contributed by atoms with Gasteiger partial charge in [-0.15, -0.1) is 0 Å². The zero-order chi connectivity index (χ0) is 20.5. The normalized spacial score (nSPS) is 11.5. The standard InChI is InChI=1S/C16H12Cl2F3N5O2/c1-8-12(14(24-23-8)16(19,20)21)22-15(27)11-5-6-26(25-11)7-28-13-9(17)3-2-4-10(13)18/h2-6H,7H2,1H3,(H,22,27)(H,23,24). The lowest BCUT2D eigenvalue weighted by atomic mass is 10.2. The summed E-state index contributed by atoms with van der Waals surface area (Å²) in [5.74, 6) is -0.583. The number of aromatic nitrogens is 4. The molecule has 28 heavy (non-hydrogen) atoms. The Labute approximate surface area is 166 Å². The maximum Gasteiger partial charge on any atom is 0.437 e. The number of halogens is 5. The van der Waals surface area contributed by atoms with Crippen molar-refractivity contribution in [1.82, 2.24) is 20.0 Å². The van der Waals surface area contributed by atoms with Crippen LogP contribution in [-0.2, 0) is 12.9 Å². The van der Waals surface area contributed by atoms with E-state index in [0.717, 1.165) is 0 Å². The molecule has 0 saturated heterocycles. The lowest BCUT2D eigenvalue weighted by molar-refractivity contribution is -0.140. The predicted molar refractivity (Wildman–Crippen MR) is 95.6 cm³/mol. The van der Waals surface area contributed by atoms with Gasteiger partial charge in [-0.1, -0.05) is 29.3 Å². The first-order valence-corrected chi connectivity index (χ1v) is 8.46. The maximum atomic E-state index is 13.0. The Morgan fingerprint density at radius 3 is 2.61 bits per heavy atom. The van der Waals surface area contributed by atoms with Gasteiger partial charge in [-0.05, 0) is 25.1 Å². The highest BCUT2D eigenvalue weighted by Gasteiger charge is 2.38. The molecule has 1 amide bonds. The summed E-state index contributed by atoms with van der Waals surface area (Å²) in [6.45, 7) is 1.24. The third-order valence-electron chi connectivity index (χ3n) is 3.59. The average Bonchev–Trinajstić information content (AvgIpc) is 3.21. The van der Waals surface area contributed by atoms with E-state index in [1.807, 2.05) is 0 Å². The highest BCUT2D eigenvalue weighted by atomic mass is 35.5. The second kappa shape index (κ2) is 7.72. The summed E-state index contributed by atoms with van der Waals surface area (Å²) in [6, 6.07) is 6.17. The number of aryl methyl sites for hydroxylation is 1. The van der Waals surface area contributed by atoms with Gasteiger partial charge in [-0.25, -0.2) is 4.68 Å². The number of hydrogen-bond donors (Lipinski definition) is 2. The van der Waals surface area contributed by atoms with Gasteiger partial charge in [-0.3, -0.25) is 9.89 Å². The number of anilines is 1. The van der Waals surface area contributed by atoms with E-state index in [1.54, 1.807) is 18.2 Å². The Hall–Kier alpha value is -2.72. The number of nitrogens with one attached hydrogen (secondary N) is 2. The van der Waals surface area contributed by atoms with E-state index in [0.29, 0.717) is 10.0 Å². The zero-order valence-corrected chi connectivity index (χ0v) is 15.7. The average molecular weight is 434 g/mol. The minimum atomic E-state index is -4.71. The molecule has 0 unspecified atom stereocenters. The first-order chi connectivity index (χ1) is 13.2. The van der Waals surface area contributed by atoms with Gasteiger partial charge < -0.3 is 10.1 Å². The van der Waals surface area contributed by atoms with Crippen molar-refractivity contribution < 1.29 is 22.7 Å². The van der Waals surface area contributed by atoms with Gasteiger partial charge in [0.25, 0.3) is 5.91 Å². The summed E-state index contributed by atoms with van der Waals surface area (Å²) < 4.78 is 45.6. The number of ether oxygens (including phenoxy) is 1. The number of para-hydroxylation sites is 1. The molecule has 2 aromatic heterocycles. The SMILES string of the molecule is Cc1[nH]nc(C(F)(F)F)c1NC(=O)c1ccn(COc2c(Cl)cccc2Cl)n1. The Bertz CT molecular complexity index is 996. The Morgan fingerprint density at radius 1 is 1.29 bits per heavy atom. The molecule has 0 atom stereocenters. The lowest BCUT2D eigenvalue weighted by Crippen LogP contribution is -2.17. The molecular weight excluding hydrogens is 422 g/mol. The van der Waals surface area contributed by atoms with Gasteiger partial charge in [0.2, 0.25) is 0 Å². The second-order valence-electron chi connectivity index (χ2n) is 5.59. The largest absolute Gasteiger partial charge is 0.468 e. The minimum Gasteiger partial charge on any atom is -0.468 e. The number of benzene rings is 1. The van der Waals surface area contributed by atoms with Gasteiger partial charge in [0.15, 0.2) is 23.9 Å². The lowest BCUT2D eigenvalue weighted by Gasteiger charge is -2.09. The van der Waals surface area contributed by atoms with Crippen molar-refractivity contribution in [2.24, 2.45) is 0 Å². The molecule has 1 aromatic carbocycles. The number of H-pyrrole nitrogens is 1. The first-order valence-electron chi connectivity index (χ1n) is 7.70. The number of nitrogens with zero attached hydrogens (tertiary/aromatic N) is 3. The Balaban J connectivity index is 1.71. The van der Waals surface area contributed by atoms with Crippen molar-refractivity contribution in [3.8, 4) is 5.75 Å². The highest BCUT2D eigenvalue weighted by molar-refractivity contribution is 6.37. The summed E-state index contributed by atoms with van der Waals surface area (Å²) >= 11 is 12.0. The van der Waals surface area contributed by atoms with E-state index >= 15 is 0 Å². The number of carbonyl (C=O) groups excluding carboxylic acids is 1. The minimum absolute atomic E-state index is 0.0665. The summed E-state index contributed by atoms with van der Waals surface area (Å²) in [6.07, 6.45) is -3.29. The molecule has 0 spiro atoms. The number of rotatable bonds is 5. The smallest absolute Gasteiger partial charge is 0.437 e. The first kappa shape index (κ1) is 20.0. The molecule has 0 aliphatic heterocycles. The Kier molecular flexibility index (Phi) is 5.52. The molecule has 148 valence electrons. The van der Waals surface area contributed by atoms with E-state index in [2.05, 4.69) is 20.6 Å². The van der Waals surface area contributed by atoms with Crippen molar-refractivity contribution >= 4 is 34.8 Å². The molecule has 0 saturated carbocycles. The predicted octanol–water partition coefficient (Wildman–Crippen LogP) is 4.53. The summed E-state index contributed by atoms with van der Waals surface area (Å²) in [5, 5.41) is 12.1. The molecule has 0 bridgehead atoms. The fourth-order valence-corrected chi connectivity index (χ4v) is 2.78. The van der Waals surface area contributed by atoms with Crippen molar-refractivity contribution in [2.75, 3.05) is 5.32 Å². The molecule has 0 aliphatic rings. The van der Waals surface area contributed by atoms with Crippen LogP contribution in [0, 0.1) is 6.92 Å². The van der Waals surface area contributed by atoms with Gasteiger partial charge in [-0.2, -0.15) is 23.4 Å². The van der Waals surface area contributed by atoms with Gasteiger partial charge in [0.1, 0.15) is 0 Å². The quantitative estimate of drug-likeness (QED) is 0.618. The zero-order valence-electron chi connectivity index (χ0n) is 14.1. The van der Waals surface area contributed by atoms with Crippen LogP contribution in [0.15, 0.2) is 30.5 Å². The van der Waals surface area contributed by atoms with Crippen LogP contribution in [0.2, 0.25) is 10.0 Å². The molecule has 2 N–H and O–H groups in total. The van der Waals surface area contributed by atoms with Gasteiger partial charge in [0.05, 0.1) is 21.4 Å². The number of aromatic amines is 1. The van der Waals surface area contributed by atoms with Crippen LogP contribution in [0.1, 0.15) is 21.9 Å².